The van der Waals surface area contributed by atoms with Gasteiger partial charge in [0.2, 0.25) is 0 Å². The quantitative estimate of drug-likeness (QED) is 0.410. The topological polar surface area (TPSA) is 23.9 Å². The summed E-state index contributed by atoms with van der Waals surface area (Å²) in [5, 5.41) is 7.64. The average Bonchev–Trinajstić information content (AvgIpc) is 2.20. The van der Waals surface area contributed by atoms with Crippen LogP contribution in [0, 0.1) is 17.2 Å². The fraction of sp³-hybridized carbons (Fsp3) is 0.688. The summed E-state index contributed by atoms with van der Waals surface area (Å²) < 4.78 is 0. The van der Waals surface area contributed by atoms with Gasteiger partial charge in [0, 0.05) is 5.71 Å². The van der Waals surface area contributed by atoms with E-state index in [2.05, 4.69) is 33.9 Å². The molecule has 17 heavy (non-hydrogen) atoms. The van der Waals surface area contributed by atoms with Crippen molar-refractivity contribution in [3.63, 3.8) is 0 Å². The van der Waals surface area contributed by atoms with Gasteiger partial charge in [-0.15, -0.1) is 6.58 Å². The lowest BCUT2D eigenvalue weighted by molar-refractivity contribution is 0.456. The van der Waals surface area contributed by atoms with E-state index in [0.717, 1.165) is 31.4 Å². The number of hydrogen-bond acceptors (Lipinski definition) is 1. The van der Waals surface area contributed by atoms with Gasteiger partial charge in [0.1, 0.15) is 0 Å². The van der Waals surface area contributed by atoms with Crippen LogP contribution in [0.2, 0.25) is 0 Å². The molecule has 1 N–H and O–H groups in total. The molecular formula is C16H29N. The Labute approximate surface area is 108 Å². The molecule has 0 spiro atoms. The number of hydrogen-bond donors (Lipinski definition) is 1. The van der Waals surface area contributed by atoms with E-state index in [9.17, 15) is 0 Å². The Kier molecular flexibility index (Phi) is 7.86. The average molecular weight is 235 g/mol. The lowest BCUT2D eigenvalue weighted by atomic mass is 9.88. The second-order valence-corrected chi connectivity index (χ2v) is 5.70. The van der Waals surface area contributed by atoms with Gasteiger partial charge in [-0.3, -0.25) is 0 Å². The van der Waals surface area contributed by atoms with Crippen molar-refractivity contribution in [3.8, 4) is 0 Å². The standard InChI is InChI=1S/C16H29N/c1-12(2)7-9-16(11-15(6)17)10-8-14(5)13(3)4/h13,16-17H,1,5,7-11H2,2-4,6H3. The third-order valence-electron chi connectivity index (χ3n) is 3.26. The van der Waals surface area contributed by atoms with E-state index in [1.54, 1.807) is 0 Å². The smallest absolute Gasteiger partial charge is 0.00609 e. The van der Waals surface area contributed by atoms with Gasteiger partial charge in [-0.1, -0.05) is 31.6 Å². The minimum atomic E-state index is 0.581. The number of allylic oxidation sites excluding steroid dienone is 2. The number of nitrogens with one attached hydrogen (secondary N) is 1. The Bertz CT molecular complexity index is 273. The molecule has 0 saturated carbocycles. The molecule has 1 heteroatoms. The molecule has 0 fully saturated rings. The summed E-state index contributed by atoms with van der Waals surface area (Å²) in [4.78, 5) is 0. The van der Waals surface area contributed by atoms with Crippen LogP contribution in [0.15, 0.2) is 24.3 Å². The van der Waals surface area contributed by atoms with Gasteiger partial charge in [-0.25, -0.2) is 0 Å². The fourth-order valence-electron chi connectivity index (χ4n) is 1.91. The molecule has 0 rings (SSSR count). The third-order valence-corrected chi connectivity index (χ3v) is 3.26. The highest BCUT2D eigenvalue weighted by Gasteiger charge is 2.11. The maximum absolute atomic E-state index is 7.64. The zero-order chi connectivity index (χ0) is 13.4. The minimum absolute atomic E-state index is 0.581. The molecule has 0 radical (unpaired) electrons. The first-order chi connectivity index (χ1) is 7.82. The van der Waals surface area contributed by atoms with E-state index in [0.29, 0.717) is 11.8 Å². The fourth-order valence-corrected chi connectivity index (χ4v) is 1.91. The van der Waals surface area contributed by atoms with Crippen molar-refractivity contribution in [2.24, 2.45) is 11.8 Å². The molecule has 98 valence electrons. The second kappa shape index (κ2) is 8.27. The molecule has 1 unspecified atom stereocenters. The van der Waals surface area contributed by atoms with Crippen LogP contribution in [0.4, 0.5) is 0 Å². The van der Waals surface area contributed by atoms with E-state index >= 15 is 0 Å². The van der Waals surface area contributed by atoms with E-state index in [1.165, 1.54) is 17.6 Å². The van der Waals surface area contributed by atoms with E-state index in [1.807, 2.05) is 6.92 Å². The highest BCUT2D eigenvalue weighted by Crippen LogP contribution is 2.24. The van der Waals surface area contributed by atoms with Crippen molar-refractivity contribution < 1.29 is 0 Å². The van der Waals surface area contributed by atoms with Crippen molar-refractivity contribution >= 4 is 5.71 Å². The largest absolute Gasteiger partial charge is 0.310 e. The van der Waals surface area contributed by atoms with Crippen LogP contribution in [0.25, 0.3) is 0 Å². The zero-order valence-electron chi connectivity index (χ0n) is 12.1. The van der Waals surface area contributed by atoms with E-state index in [4.69, 9.17) is 5.41 Å². The number of rotatable bonds is 9. The first kappa shape index (κ1) is 16.1. The van der Waals surface area contributed by atoms with E-state index < -0.39 is 0 Å². The summed E-state index contributed by atoms with van der Waals surface area (Å²) in [6.07, 6.45) is 5.45. The molecule has 1 atom stereocenters. The summed E-state index contributed by atoms with van der Waals surface area (Å²) in [7, 11) is 0. The van der Waals surface area contributed by atoms with Crippen LogP contribution in [0.1, 0.15) is 59.8 Å². The van der Waals surface area contributed by atoms with Gasteiger partial charge in [-0.2, -0.15) is 0 Å². The molecule has 0 bridgehead atoms. The molecule has 0 aliphatic rings. The molecule has 0 aromatic heterocycles. The van der Waals surface area contributed by atoms with Gasteiger partial charge < -0.3 is 5.41 Å². The summed E-state index contributed by atoms with van der Waals surface area (Å²) in [5.41, 5.74) is 3.39. The van der Waals surface area contributed by atoms with E-state index in [-0.39, 0.29) is 0 Å². The van der Waals surface area contributed by atoms with Crippen molar-refractivity contribution in [3.05, 3.63) is 24.3 Å². The predicted octanol–water partition coefficient (Wildman–Crippen LogP) is 5.38. The zero-order valence-corrected chi connectivity index (χ0v) is 12.1. The van der Waals surface area contributed by atoms with Gasteiger partial charge in [0.25, 0.3) is 0 Å². The monoisotopic (exact) mass is 235 g/mol. The molecule has 0 aliphatic carbocycles. The maximum atomic E-state index is 7.64. The Morgan fingerprint density at radius 2 is 1.59 bits per heavy atom. The summed E-state index contributed by atoms with van der Waals surface area (Å²) in [5.74, 6) is 1.21. The second-order valence-electron chi connectivity index (χ2n) is 5.70. The Morgan fingerprint density at radius 3 is 2.00 bits per heavy atom. The van der Waals surface area contributed by atoms with Crippen molar-refractivity contribution in [1.82, 2.24) is 0 Å². The Hall–Kier alpha value is -0.850. The van der Waals surface area contributed by atoms with Crippen molar-refractivity contribution in [2.75, 3.05) is 0 Å². The summed E-state index contributed by atoms with van der Waals surface area (Å²) in [6.45, 7) is 16.5. The lowest BCUT2D eigenvalue weighted by Crippen LogP contribution is -2.07. The first-order valence-corrected chi connectivity index (χ1v) is 6.69. The highest BCUT2D eigenvalue weighted by molar-refractivity contribution is 5.78. The lowest BCUT2D eigenvalue weighted by Gasteiger charge is -2.18. The molecule has 0 amide bonds. The van der Waals surface area contributed by atoms with Crippen LogP contribution in [0.5, 0.6) is 0 Å². The van der Waals surface area contributed by atoms with Gasteiger partial charge in [0.15, 0.2) is 0 Å². The molecule has 1 nitrogen and oxygen atoms in total. The van der Waals surface area contributed by atoms with Crippen LogP contribution in [0.3, 0.4) is 0 Å². The summed E-state index contributed by atoms with van der Waals surface area (Å²) in [6, 6.07) is 0. The van der Waals surface area contributed by atoms with Crippen LogP contribution >= 0.6 is 0 Å². The molecule has 0 heterocycles. The normalized spacial score (nSPS) is 12.5. The molecule has 0 saturated heterocycles. The SMILES string of the molecule is C=C(C)CCC(CCC(=C)C(C)C)CC(C)=N. The predicted molar refractivity (Wildman–Crippen MR) is 78.8 cm³/mol. The van der Waals surface area contributed by atoms with Crippen LogP contribution < -0.4 is 0 Å². The van der Waals surface area contributed by atoms with Crippen molar-refractivity contribution in [1.29, 1.82) is 5.41 Å². The molecule has 0 aromatic rings. The maximum Gasteiger partial charge on any atom is 0.00609 e. The molecule has 0 aliphatic heterocycles. The molecular weight excluding hydrogens is 206 g/mol. The van der Waals surface area contributed by atoms with Gasteiger partial charge in [-0.05, 0) is 57.8 Å². The van der Waals surface area contributed by atoms with Crippen LogP contribution in [-0.4, -0.2) is 5.71 Å². The van der Waals surface area contributed by atoms with Gasteiger partial charge >= 0.3 is 0 Å². The Balaban J connectivity index is 4.14. The Morgan fingerprint density at radius 1 is 1.06 bits per heavy atom. The highest BCUT2D eigenvalue weighted by atomic mass is 14.4. The third kappa shape index (κ3) is 8.91. The first-order valence-electron chi connectivity index (χ1n) is 6.69. The minimum Gasteiger partial charge on any atom is -0.310 e. The summed E-state index contributed by atoms with van der Waals surface area (Å²) >= 11 is 0. The van der Waals surface area contributed by atoms with Crippen molar-refractivity contribution in [2.45, 2.75) is 59.8 Å². The molecule has 0 aromatic carbocycles. The van der Waals surface area contributed by atoms with Crippen LogP contribution in [-0.2, 0) is 0 Å². The van der Waals surface area contributed by atoms with Gasteiger partial charge in [0.05, 0.1) is 0 Å².